The van der Waals surface area contributed by atoms with E-state index in [9.17, 15) is 9.90 Å². The van der Waals surface area contributed by atoms with Crippen LogP contribution in [-0.2, 0) is 16.0 Å². The molecule has 0 amide bonds. The number of carbonyl (C=O) groups excluding carboxylic acids is 1. The van der Waals surface area contributed by atoms with Crippen LogP contribution in [-0.4, -0.2) is 19.7 Å². The highest BCUT2D eigenvalue weighted by molar-refractivity contribution is 9.10. The van der Waals surface area contributed by atoms with Gasteiger partial charge in [-0.25, -0.2) is 0 Å². The first-order valence-electron chi connectivity index (χ1n) is 4.82. The van der Waals surface area contributed by atoms with Crippen LogP contribution in [0.1, 0.15) is 17.2 Å². The largest absolute Gasteiger partial charge is 0.547 e. The molecule has 0 aromatic heterocycles. The lowest BCUT2D eigenvalue weighted by Gasteiger charge is -2.27. The number of methoxy groups -OCH3 is 1. The Morgan fingerprint density at radius 1 is 1.62 bits per heavy atom. The van der Waals surface area contributed by atoms with Crippen LogP contribution in [0.2, 0.25) is 0 Å². The molecular weight excluding hydrogens is 276 g/mol. The van der Waals surface area contributed by atoms with Crippen molar-refractivity contribution >= 4 is 21.9 Å². The molecule has 16 heavy (non-hydrogen) atoms. The van der Waals surface area contributed by atoms with Crippen molar-refractivity contribution in [2.75, 3.05) is 13.7 Å². The smallest absolute Gasteiger partial charge is 0.133 e. The van der Waals surface area contributed by atoms with Gasteiger partial charge in [0, 0.05) is 0 Å². The maximum Gasteiger partial charge on any atom is 0.133 e. The molecule has 0 saturated carbocycles. The molecule has 0 fully saturated rings. The van der Waals surface area contributed by atoms with Crippen LogP contribution in [0.15, 0.2) is 16.6 Å². The number of fused-ring (bicyclic) bond motifs is 1. The third-order valence-corrected chi connectivity index (χ3v) is 3.19. The van der Waals surface area contributed by atoms with E-state index in [0.29, 0.717) is 24.3 Å². The number of carbonyl (C=O) groups is 1. The Labute approximate surface area is 101 Å². The van der Waals surface area contributed by atoms with E-state index in [4.69, 9.17) is 9.47 Å². The molecule has 1 aromatic rings. The SMILES string of the molecule is COc1cc2c(cc1Br)CCOC2C(=O)[O-]. The van der Waals surface area contributed by atoms with Gasteiger partial charge in [-0.15, -0.1) is 0 Å². The Balaban J connectivity index is 2.50. The molecule has 0 saturated heterocycles. The molecule has 1 aliphatic heterocycles. The van der Waals surface area contributed by atoms with Gasteiger partial charge in [0.2, 0.25) is 0 Å². The lowest BCUT2D eigenvalue weighted by Crippen LogP contribution is -2.34. The molecule has 86 valence electrons. The van der Waals surface area contributed by atoms with Crippen LogP contribution in [0.4, 0.5) is 0 Å². The van der Waals surface area contributed by atoms with Crippen molar-refractivity contribution in [3.05, 3.63) is 27.7 Å². The minimum atomic E-state index is -1.22. The first-order valence-corrected chi connectivity index (χ1v) is 5.61. The molecule has 4 nitrogen and oxygen atoms in total. The lowest BCUT2D eigenvalue weighted by molar-refractivity contribution is -0.318. The minimum Gasteiger partial charge on any atom is -0.547 e. The van der Waals surface area contributed by atoms with Crippen LogP contribution in [0.3, 0.4) is 0 Å². The fourth-order valence-electron chi connectivity index (χ4n) is 1.80. The summed E-state index contributed by atoms with van der Waals surface area (Å²) in [5, 5.41) is 10.9. The molecule has 1 atom stereocenters. The van der Waals surface area contributed by atoms with Gasteiger partial charge in [0.25, 0.3) is 0 Å². The first kappa shape index (κ1) is 11.4. The Morgan fingerprint density at radius 2 is 2.38 bits per heavy atom. The summed E-state index contributed by atoms with van der Waals surface area (Å²) >= 11 is 3.36. The van der Waals surface area contributed by atoms with E-state index in [1.54, 1.807) is 6.07 Å². The Kier molecular flexibility index (Phi) is 3.16. The van der Waals surface area contributed by atoms with Gasteiger partial charge in [-0.05, 0) is 45.6 Å². The van der Waals surface area contributed by atoms with Gasteiger partial charge in [0.05, 0.1) is 24.2 Å². The van der Waals surface area contributed by atoms with Gasteiger partial charge in [0.1, 0.15) is 11.9 Å². The van der Waals surface area contributed by atoms with Gasteiger partial charge < -0.3 is 19.4 Å². The standard InChI is InChI=1S/C11H11BrO4/c1-15-9-5-7-6(4-8(9)12)2-3-16-10(7)11(13)14/h4-5,10H,2-3H2,1H3,(H,13,14)/p-1. The Morgan fingerprint density at radius 3 is 3.00 bits per heavy atom. The predicted octanol–water partition coefficient (Wildman–Crippen LogP) is 0.821. The molecule has 1 heterocycles. The van der Waals surface area contributed by atoms with Crippen molar-refractivity contribution in [2.45, 2.75) is 12.5 Å². The summed E-state index contributed by atoms with van der Waals surface area (Å²) in [4.78, 5) is 10.9. The fourth-order valence-corrected chi connectivity index (χ4v) is 2.35. The summed E-state index contributed by atoms with van der Waals surface area (Å²) in [6.45, 7) is 0.393. The van der Waals surface area contributed by atoms with Gasteiger partial charge >= 0.3 is 0 Å². The maximum atomic E-state index is 10.9. The highest BCUT2D eigenvalue weighted by atomic mass is 79.9. The average molecular weight is 286 g/mol. The summed E-state index contributed by atoms with van der Waals surface area (Å²) in [5.74, 6) is -0.624. The quantitative estimate of drug-likeness (QED) is 0.807. The number of hydrogen-bond donors (Lipinski definition) is 0. The minimum absolute atomic E-state index is 0.393. The molecule has 0 bridgehead atoms. The summed E-state index contributed by atoms with van der Waals surface area (Å²) < 4.78 is 11.1. The van der Waals surface area contributed by atoms with Crippen molar-refractivity contribution in [3.63, 3.8) is 0 Å². The molecule has 1 unspecified atom stereocenters. The van der Waals surface area contributed by atoms with E-state index in [2.05, 4.69) is 15.9 Å². The van der Waals surface area contributed by atoms with Crippen LogP contribution in [0, 0.1) is 0 Å². The zero-order valence-electron chi connectivity index (χ0n) is 8.66. The van der Waals surface area contributed by atoms with Crippen LogP contribution >= 0.6 is 15.9 Å². The van der Waals surface area contributed by atoms with Crippen molar-refractivity contribution in [1.82, 2.24) is 0 Å². The average Bonchev–Trinajstić information content (AvgIpc) is 2.26. The first-order chi connectivity index (χ1) is 7.63. The maximum absolute atomic E-state index is 10.9. The second-order valence-electron chi connectivity index (χ2n) is 3.51. The molecule has 0 radical (unpaired) electrons. The number of ether oxygens (including phenoxy) is 2. The molecule has 0 spiro atoms. The number of carboxylic acids is 1. The van der Waals surface area contributed by atoms with Gasteiger partial charge in [0.15, 0.2) is 0 Å². The summed E-state index contributed by atoms with van der Waals surface area (Å²) in [5.41, 5.74) is 1.57. The van der Waals surface area contributed by atoms with E-state index < -0.39 is 12.1 Å². The number of carboxylic acid groups (broad SMARTS) is 1. The molecule has 1 aromatic carbocycles. The van der Waals surface area contributed by atoms with Crippen LogP contribution in [0.5, 0.6) is 5.75 Å². The van der Waals surface area contributed by atoms with E-state index in [1.165, 1.54) is 7.11 Å². The summed E-state index contributed by atoms with van der Waals surface area (Å²) in [6, 6.07) is 3.55. The van der Waals surface area contributed by atoms with E-state index in [1.807, 2.05) is 6.07 Å². The zero-order chi connectivity index (χ0) is 11.7. The second-order valence-corrected chi connectivity index (χ2v) is 4.36. The van der Waals surface area contributed by atoms with Crippen molar-refractivity contribution in [3.8, 4) is 5.75 Å². The predicted molar refractivity (Wildman–Crippen MR) is 58.1 cm³/mol. The molecule has 5 heteroatoms. The summed E-state index contributed by atoms with van der Waals surface area (Å²) in [6.07, 6.45) is -0.299. The summed E-state index contributed by atoms with van der Waals surface area (Å²) in [7, 11) is 1.53. The lowest BCUT2D eigenvalue weighted by atomic mass is 9.97. The Bertz CT molecular complexity index is 430. The molecule has 1 aliphatic rings. The van der Waals surface area contributed by atoms with E-state index in [-0.39, 0.29) is 0 Å². The second kappa shape index (κ2) is 4.43. The number of rotatable bonds is 2. The van der Waals surface area contributed by atoms with Crippen LogP contribution in [0.25, 0.3) is 0 Å². The molecule has 0 aliphatic carbocycles. The number of halogens is 1. The zero-order valence-corrected chi connectivity index (χ0v) is 10.2. The van der Waals surface area contributed by atoms with Crippen molar-refractivity contribution in [1.29, 1.82) is 0 Å². The molecular formula is C11H10BrO4-. The Hall–Kier alpha value is -1.07. The topological polar surface area (TPSA) is 58.6 Å². The van der Waals surface area contributed by atoms with Gasteiger partial charge in [-0.3, -0.25) is 0 Å². The van der Waals surface area contributed by atoms with E-state index >= 15 is 0 Å². The van der Waals surface area contributed by atoms with Gasteiger partial charge in [-0.1, -0.05) is 0 Å². The normalized spacial score (nSPS) is 19.0. The van der Waals surface area contributed by atoms with E-state index in [0.717, 1.165) is 10.0 Å². The number of hydrogen-bond acceptors (Lipinski definition) is 4. The third kappa shape index (κ3) is 1.92. The number of benzene rings is 1. The molecule has 0 N–H and O–H groups in total. The third-order valence-electron chi connectivity index (χ3n) is 2.57. The fraction of sp³-hybridized carbons (Fsp3) is 0.364. The monoisotopic (exact) mass is 285 g/mol. The van der Waals surface area contributed by atoms with Crippen molar-refractivity contribution in [2.24, 2.45) is 0 Å². The molecule has 2 rings (SSSR count). The van der Waals surface area contributed by atoms with Crippen LogP contribution < -0.4 is 9.84 Å². The number of aliphatic carboxylic acids is 1. The van der Waals surface area contributed by atoms with Gasteiger partial charge in [-0.2, -0.15) is 0 Å². The highest BCUT2D eigenvalue weighted by Gasteiger charge is 2.23. The van der Waals surface area contributed by atoms with Crippen molar-refractivity contribution < 1.29 is 19.4 Å². The highest BCUT2D eigenvalue weighted by Crippen LogP contribution is 2.35.